The van der Waals surface area contributed by atoms with E-state index in [2.05, 4.69) is 10.6 Å². The number of para-hydroxylation sites is 1. The van der Waals surface area contributed by atoms with Gasteiger partial charge in [0.05, 0.1) is 18.5 Å². The van der Waals surface area contributed by atoms with Crippen LogP contribution in [0.2, 0.25) is 0 Å². The summed E-state index contributed by atoms with van der Waals surface area (Å²) in [6.45, 7) is 6.09. The quantitative estimate of drug-likeness (QED) is 0.574. The molecule has 0 radical (unpaired) electrons. The van der Waals surface area contributed by atoms with Crippen LogP contribution in [0.5, 0.6) is 5.75 Å². The van der Waals surface area contributed by atoms with Gasteiger partial charge in [-0.1, -0.05) is 48.5 Å². The lowest BCUT2D eigenvalue weighted by Gasteiger charge is -2.31. The molecule has 2 aromatic rings. The van der Waals surface area contributed by atoms with Gasteiger partial charge in [-0.2, -0.15) is 0 Å². The Labute approximate surface area is 193 Å². The number of ether oxygens (including phenoxy) is 4. The minimum atomic E-state index is -0.879. The van der Waals surface area contributed by atoms with Crippen molar-refractivity contribution in [3.05, 3.63) is 88.6 Å². The van der Waals surface area contributed by atoms with Crippen LogP contribution in [0.15, 0.2) is 77.5 Å². The first kappa shape index (κ1) is 23.7. The van der Waals surface area contributed by atoms with E-state index in [-0.39, 0.29) is 5.76 Å². The number of hydrogen-bond donors (Lipinski definition) is 2. The van der Waals surface area contributed by atoms with Gasteiger partial charge in [0.25, 0.3) is 0 Å². The number of rotatable bonds is 7. The molecule has 3 rings (SSSR count). The van der Waals surface area contributed by atoms with Gasteiger partial charge in [-0.3, -0.25) is 0 Å². The molecule has 2 N–H and O–H groups in total. The molecule has 0 bridgehead atoms. The molecule has 33 heavy (non-hydrogen) atoms. The number of dihydropyridines is 1. The Kier molecular flexibility index (Phi) is 7.96. The van der Waals surface area contributed by atoms with E-state index >= 15 is 0 Å². The number of benzene rings is 2. The average molecular weight is 453 g/mol. The van der Waals surface area contributed by atoms with Gasteiger partial charge in [-0.15, -0.1) is 0 Å². The molecule has 0 saturated heterocycles. The number of alkyl carbamates (subject to hydrolysis) is 1. The molecule has 1 heterocycles. The van der Waals surface area contributed by atoms with E-state index in [0.29, 0.717) is 41.6 Å². The van der Waals surface area contributed by atoms with Gasteiger partial charge in [0.2, 0.25) is 0 Å². The molecule has 0 spiro atoms. The SMILES string of the molecule is CCNC(=O)OC1=C(C)NC(C)=C(OC(=O)OC)C1c1ccccc1OCc1ccccc1. The third-order valence-electron chi connectivity index (χ3n) is 4.99. The molecule has 0 fully saturated rings. The Morgan fingerprint density at radius 1 is 0.939 bits per heavy atom. The fraction of sp³-hybridized carbons (Fsp3) is 0.280. The number of carbonyl (C=O) groups is 2. The summed E-state index contributed by atoms with van der Waals surface area (Å²) in [7, 11) is 1.23. The van der Waals surface area contributed by atoms with Crippen LogP contribution in [0, 0.1) is 0 Å². The van der Waals surface area contributed by atoms with Crippen molar-refractivity contribution in [2.24, 2.45) is 0 Å². The van der Waals surface area contributed by atoms with Gasteiger partial charge >= 0.3 is 12.2 Å². The van der Waals surface area contributed by atoms with Crippen LogP contribution in [0.3, 0.4) is 0 Å². The average Bonchev–Trinajstić information content (AvgIpc) is 2.82. The van der Waals surface area contributed by atoms with Crippen molar-refractivity contribution in [2.75, 3.05) is 13.7 Å². The van der Waals surface area contributed by atoms with E-state index in [1.165, 1.54) is 7.11 Å². The van der Waals surface area contributed by atoms with Crippen molar-refractivity contribution >= 4 is 12.2 Å². The normalized spacial score (nSPS) is 15.5. The zero-order valence-electron chi connectivity index (χ0n) is 19.1. The summed E-state index contributed by atoms with van der Waals surface area (Å²) in [6, 6.07) is 17.1. The molecule has 2 aromatic carbocycles. The lowest BCUT2D eigenvalue weighted by Crippen LogP contribution is -2.32. The summed E-state index contributed by atoms with van der Waals surface area (Å²) in [5.74, 6) is 0.389. The zero-order valence-corrected chi connectivity index (χ0v) is 19.1. The summed E-state index contributed by atoms with van der Waals surface area (Å²) < 4.78 is 22.0. The monoisotopic (exact) mass is 452 g/mol. The highest BCUT2D eigenvalue weighted by molar-refractivity contribution is 5.70. The number of methoxy groups -OCH3 is 1. The fourth-order valence-corrected chi connectivity index (χ4v) is 3.51. The van der Waals surface area contributed by atoms with E-state index in [0.717, 1.165) is 5.56 Å². The topological polar surface area (TPSA) is 95.1 Å². The predicted octanol–water partition coefficient (Wildman–Crippen LogP) is 4.94. The minimum absolute atomic E-state index is 0.252. The van der Waals surface area contributed by atoms with Crippen molar-refractivity contribution in [3.8, 4) is 5.75 Å². The summed E-state index contributed by atoms with van der Waals surface area (Å²) in [4.78, 5) is 24.4. The summed E-state index contributed by atoms with van der Waals surface area (Å²) in [6.07, 6.45) is -1.49. The minimum Gasteiger partial charge on any atom is -0.489 e. The standard InChI is InChI=1S/C25H28N2O6/c1-5-26-24(28)32-22-16(2)27-17(3)23(33-25(29)30-4)21(22)19-13-9-10-14-20(19)31-15-18-11-7-6-8-12-18/h6-14,21,27H,5,15H2,1-4H3,(H,26,28). The van der Waals surface area contributed by atoms with Gasteiger partial charge in [-0.05, 0) is 32.4 Å². The Bertz CT molecular complexity index is 1060. The Balaban J connectivity index is 2.04. The predicted molar refractivity (Wildman–Crippen MR) is 122 cm³/mol. The van der Waals surface area contributed by atoms with Crippen LogP contribution in [-0.2, 0) is 20.8 Å². The maximum atomic E-state index is 12.3. The van der Waals surface area contributed by atoms with Crippen LogP contribution in [0.25, 0.3) is 0 Å². The molecule has 1 amide bonds. The summed E-state index contributed by atoms with van der Waals surface area (Å²) in [5.41, 5.74) is 2.87. The first-order chi connectivity index (χ1) is 15.9. The van der Waals surface area contributed by atoms with Crippen molar-refractivity contribution in [2.45, 2.75) is 33.3 Å². The van der Waals surface area contributed by atoms with Crippen LogP contribution in [0.4, 0.5) is 9.59 Å². The number of amides is 1. The molecule has 0 saturated carbocycles. The van der Waals surface area contributed by atoms with Crippen LogP contribution < -0.4 is 15.4 Å². The Morgan fingerprint density at radius 3 is 2.24 bits per heavy atom. The second-order valence-corrected chi connectivity index (χ2v) is 7.32. The number of hydrogen-bond acceptors (Lipinski definition) is 7. The Hall–Kier alpha value is -3.94. The largest absolute Gasteiger partial charge is 0.513 e. The van der Waals surface area contributed by atoms with Gasteiger partial charge in [0.1, 0.15) is 29.8 Å². The maximum absolute atomic E-state index is 12.3. The first-order valence-electron chi connectivity index (χ1n) is 10.6. The van der Waals surface area contributed by atoms with Crippen molar-refractivity contribution < 1.29 is 28.5 Å². The van der Waals surface area contributed by atoms with Gasteiger partial charge in [-0.25, -0.2) is 9.59 Å². The molecule has 1 aliphatic heterocycles. The molecular weight excluding hydrogens is 424 g/mol. The molecule has 0 aliphatic carbocycles. The number of allylic oxidation sites excluding steroid dienone is 2. The molecule has 1 atom stereocenters. The first-order valence-corrected chi connectivity index (χ1v) is 10.6. The molecule has 1 aliphatic rings. The van der Waals surface area contributed by atoms with Crippen LogP contribution >= 0.6 is 0 Å². The molecule has 8 heteroatoms. The molecule has 174 valence electrons. The summed E-state index contributed by atoms with van der Waals surface area (Å²) in [5, 5.41) is 5.74. The van der Waals surface area contributed by atoms with Gasteiger partial charge in [0, 0.05) is 12.1 Å². The lowest BCUT2D eigenvalue weighted by molar-refractivity contribution is 0.0886. The van der Waals surface area contributed by atoms with E-state index < -0.39 is 18.2 Å². The molecule has 0 aromatic heterocycles. The molecular formula is C25H28N2O6. The highest BCUT2D eigenvalue weighted by atomic mass is 16.7. The van der Waals surface area contributed by atoms with Gasteiger partial charge < -0.3 is 29.6 Å². The molecule has 8 nitrogen and oxygen atoms in total. The third-order valence-corrected chi connectivity index (χ3v) is 4.99. The van der Waals surface area contributed by atoms with E-state index in [1.54, 1.807) is 20.8 Å². The van der Waals surface area contributed by atoms with E-state index in [4.69, 9.17) is 18.9 Å². The van der Waals surface area contributed by atoms with Crippen LogP contribution in [0.1, 0.15) is 37.8 Å². The van der Waals surface area contributed by atoms with Gasteiger partial charge in [0.15, 0.2) is 0 Å². The highest BCUT2D eigenvalue weighted by Crippen LogP contribution is 2.43. The Morgan fingerprint density at radius 2 is 1.58 bits per heavy atom. The third kappa shape index (κ3) is 5.85. The van der Waals surface area contributed by atoms with Crippen molar-refractivity contribution in [3.63, 3.8) is 0 Å². The number of nitrogens with one attached hydrogen (secondary N) is 2. The zero-order chi connectivity index (χ0) is 23.8. The lowest BCUT2D eigenvalue weighted by atomic mass is 9.90. The second kappa shape index (κ2) is 11.1. The molecule has 1 unspecified atom stereocenters. The highest BCUT2D eigenvalue weighted by Gasteiger charge is 2.36. The smallest absolute Gasteiger partial charge is 0.489 e. The summed E-state index contributed by atoms with van der Waals surface area (Å²) >= 11 is 0. The fourth-order valence-electron chi connectivity index (χ4n) is 3.51. The van der Waals surface area contributed by atoms with E-state index in [1.807, 2.05) is 54.6 Å². The van der Waals surface area contributed by atoms with Crippen molar-refractivity contribution in [1.82, 2.24) is 10.6 Å². The van der Waals surface area contributed by atoms with Crippen LogP contribution in [-0.4, -0.2) is 25.9 Å². The van der Waals surface area contributed by atoms with Crippen molar-refractivity contribution in [1.29, 1.82) is 0 Å². The maximum Gasteiger partial charge on any atom is 0.513 e. The number of carbonyl (C=O) groups excluding carboxylic acids is 2. The van der Waals surface area contributed by atoms with E-state index in [9.17, 15) is 9.59 Å². The second-order valence-electron chi connectivity index (χ2n) is 7.32.